The molecule has 2 heterocycles. The van der Waals surface area contributed by atoms with Crippen molar-refractivity contribution < 1.29 is 9.59 Å². The third kappa shape index (κ3) is 3.27. The highest BCUT2D eigenvalue weighted by atomic mass is 32.1. The van der Waals surface area contributed by atoms with Crippen LogP contribution in [-0.2, 0) is 7.05 Å². The van der Waals surface area contributed by atoms with Gasteiger partial charge in [0.2, 0.25) is 0 Å². The Morgan fingerprint density at radius 3 is 2.36 bits per heavy atom. The summed E-state index contributed by atoms with van der Waals surface area (Å²) < 4.78 is 1.98. The Morgan fingerprint density at radius 2 is 1.68 bits per heavy atom. The number of rotatable bonds is 5. The Balaban J connectivity index is 1.74. The number of fused-ring (bicyclic) bond motifs is 1. The van der Waals surface area contributed by atoms with Crippen LogP contribution in [0.2, 0.25) is 0 Å². The zero-order chi connectivity index (χ0) is 19.7. The minimum absolute atomic E-state index is 0.279. The fourth-order valence-corrected chi connectivity index (χ4v) is 3.92. The van der Waals surface area contributed by atoms with Gasteiger partial charge in [-0.2, -0.15) is 0 Å². The third-order valence-electron chi connectivity index (χ3n) is 4.56. The second-order valence-electron chi connectivity index (χ2n) is 6.36. The van der Waals surface area contributed by atoms with E-state index in [4.69, 9.17) is 10.7 Å². The summed E-state index contributed by atoms with van der Waals surface area (Å²) in [5.41, 5.74) is 8.07. The molecule has 2 aromatic carbocycles. The number of amides is 2. The SMILES string of the molecule is Cn1c(C(NC(=O)c2ccc(C(N)=O)s2)c2ccccc2)nc2ccccc21. The number of nitrogens with zero attached hydrogens (tertiary/aromatic N) is 2. The van der Waals surface area contributed by atoms with Crippen molar-refractivity contribution >= 4 is 34.2 Å². The maximum Gasteiger partial charge on any atom is 0.262 e. The number of thiophene rings is 1. The van der Waals surface area contributed by atoms with Crippen LogP contribution in [0.4, 0.5) is 0 Å². The van der Waals surface area contributed by atoms with E-state index in [1.807, 2.05) is 66.2 Å². The number of aromatic nitrogens is 2. The molecule has 0 fully saturated rings. The van der Waals surface area contributed by atoms with Gasteiger partial charge in [-0.15, -0.1) is 11.3 Å². The second-order valence-corrected chi connectivity index (χ2v) is 7.45. The zero-order valence-electron chi connectivity index (χ0n) is 15.1. The summed E-state index contributed by atoms with van der Waals surface area (Å²) in [7, 11) is 1.93. The molecule has 0 aliphatic rings. The first kappa shape index (κ1) is 17.9. The van der Waals surface area contributed by atoms with Crippen LogP contribution in [-0.4, -0.2) is 21.4 Å². The summed E-state index contributed by atoms with van der Waals surface area (Å²) in [5, 5.41) is 3.06. The van der Waals surface area contributed by atoms with E-state index < -0.39 is 11.9 Å². The minimum Gasteiger partial charge on any atom is -0.365 e. The van der Waals surface area contributed by atoms with E-state index >= 15 is 0 Å². The van der Waals surface area contributed by atoms with Crippen LogP contribution in [0.25, 0.3) is 11.0 Å². The summed E-state index contributed by atoms with van der Waals surface area (Å²) in [6.07, 6.45) is 0. The summed E-state index contributed by atoms with van der Waals surface area (Å²) in [6.45, 7) is 0. The van der Waals surface area contributed by atoms with Gasteiger partial charge in [-0.25, -0.2) is 4.98 Å². The smallest absolute Gasteiger partial charge is 0.262 e. The predicted octanol–water partition coefficient (Wildman–Crippen LogP) is 3.25. The highest BCUT2D eigenvalue weighted by Gasteiger charge is 2.24. The number of nitrogens with two attached hydrogens (primary N) is 1. The highest BCUT2D eigenvalue weighted by molar-refractivity contribution is 7.15. The highest BCUT2D eigenvalue weighted by Crippen LogP contribution is 2.26. The molecule has 2 aromatic heterocycles. The van der Waals surface area contributed by atoms with Gasteiger partial charge >= 0.3 is 0 Å². The molecule has 4 aromatic rings. The molecule has 0 saturated carbocycles. The monoisotopic (exact) mass is 390 g/mol. The Bertz CT molecular complexity index is 1160. The molecular formula is C21H18N4O2S. The number of hydrogen-bond acceptors (Lipinski definition) is 4. The van der Waals surface area contributed by atoms with E-state index in [9.17, 15) is 9.59 Å². The lowest BCUT2D eigenvalue weighted by Crippen LogP contribution is -2.30. The van der Waals surface area contributed by atoms with E-state index in [1.165, 1.54) is 0 Å². The molecule has 28 heavy (non-hydrogen) atoms. The van der Waals surface area contributed by atoms with Crippen molar-refractivity contribution in [1.82, 2.24) is 14.9 Å². The van der Waals surface area contributed by atoms with Crippen molar-refractivity contribution in [2.45, 2.75) is 6.04 Å². The quantitative estimate of drug-likeness (QED) is 0.548. The van der Waals surface area contributed by atoms with E-state index in [2.05, 4.69) is 5.32 Å². The molecular weight excluding hydrogens is 372 g/mol. The van der Waals surface area contributed by atoms with Crippen LogP contribution >= 0.6 is 11.3 Å². The average molecular weight is 390 g/mol. The number of imidazole rings is 1. The fourth-order valence-electron chi connectivity index (χ4n) is 3.16. The van der Waals surface area contributed by atoms with Gasteiger partial charge in [0, 0.05) is 7.05 Å². The molecule has 1 atom stereocenters. The van der Waals surface area contributed by atoms with Gasteiger partial charge in [-0.3, -0.25) is 9.59 Å². The van der Waals surface area contributed by atoms with Crippen LogP contribution in [0.1, 0.15) is 36.8 Å². The topological polar surface area (TPSA) is 90.0 Å². The Kier molecular flexibility index (Phi) is 4.67. The first-order valence-electron chi connectivity index (χ1n) is 8.71. The first-order valence-corrected chi connectivity index (χ1v) is 9.53. The molecule has 6 nitrogen and oxygen atoms in total. The number of nitrogens with one attached hydrogen (secondary N) is 1. The molecule has 0 spiro atoms. The lowest BCUT2D eigenvalue weighted by molar-refractivity contribution is 0.0944. The Labute approximate surface area is 165 Å². The van der Waals surface area contributed by atoms with Crippen molar-refractivity contribution in [1.29, 1.82) is 0 Å². The van der Waals surface area contributed by atoms with E-state index in [0.717, 1.165) is 33.8 Å². The van der Waals surface area contributed by atoms with E-state index in [0.29, 0.717) is 9.75 Å². The maximum atomic E-state index is 12.9. The average Bonchev–Trinajstić information content (AvgIpc) is 3.33. The van der Waals surface area contributed by atoms with E-state index in [1.54, 1.807) is 12.1 Å². The molecule has 2 amide bonds. The van der Waals surface area contributed by atoms with Crippen LogP contribution in [0, 0.1) is 0 Å². The Morgan fingerprint density at radius 1 is 1.00 bits per heavy atom. The maximum absolute atomic E-state index is 12.9. The molecule has 0 bridgehead atoms. The lowest BCUT2D eigenvalue weighted by Gasteiger charge is -2.19. The third-order valence-corrected chi connectivity index (χ3v) is 5.66. The van der Waals surface area contributed by atoms with Crippen molar-refractivity contribution in [3.63, 3.8) is 0 Å². The van der Waals surface area contributed by atoms with Crippen molar-refractivity contribution in [2.75, 3.05) is 0 Å². The van der Waals surface area contributed by atoms with Crippen molar-refractivity contribution in [3.05, 3.63) is 87.9 Å². The molecule has 7 heteroatoms. The number of benzene rings is 2. The predicted molar refractivity (Wildman–Crippen MR) is 109 cm³/mol. The summed E-state index contributed by atoms with van der Waals surface area (Å²) in [6, 6.07) is 20.2. The normalized spacial score (nSPS) is 12.0. The first-order chi connectivity index (χ1) is 13.5. The molecule has 4 rings (SSSR count). The molecule has 1 unspecified atom stereocenters. The van der Waals surface area contributed by atoms with Gasteiger partial charge in [0.05, 0.1) is 20.8 Å². The number of hydrogen-bond donors (Lipinski definition) is 2. The summed E-state index contributed by atoms with van der Waals surface area (Å²) in [5.74, 6) is -0.0927. The molecule has 3 N–H and O–H groups in total. The standard InChI is InChI=1S/C21H18N4O2S/c1-25-15-10-6-5-9-14(15)23-20(25)18(13-7-3-2-4-8-13)24-21(27)17-12-11-16(28-17)19(22)26/h2-12,18H,1H3,(H2,22,26)(H,24,27). The molecule has 0 radical (unpaired) electrons. The number of para-hydroxylation sites is 2. The second kappa shape index (κ2) is 7.28. The summed E-state index contributed by atoms with van der Waals surface area (Å²) in [4.78, 5) is 29.7. The van der Waals surface area contributed by atoms with Gasteiger partial charge in [-0.05, 0) is 29.8 Å². The van der Waals surface area contributed by atoms with Gasteiger partial charge in [0.1, 0.15) is 11.9 Å². The van der Waals surface area contributed by atoms with Crippen LogP contribution in [0.5, 0.6) is 0 Å². The number of carbonyl (C=O) groups is 2. The fraction of sp³-hybridized carbons (Fsp3) is 0.0952. The largest absolute Gasteiger partial charge is 0.365 e. The number of aryl methyl sites for hydroxylation is 1. The zero-order valence-corrected chi connectivity index (χ0v) is 15.9. The number of carbonyl (C=O) groups excluding carboxylic acids is 2. The van der Waals surface area contributed by atoms with Gasteiger partial charge in [0.15, 0.2) is 0 Å². The van der Waals surface area contributed by atoms with Crippen LogP contribution < -0.4 is 11.1 Å². The van der Waals surface area contributed by atoms with Crippen molar-refractivity contribution in [3.8, 4) is 0 Å². The molecule has 0 aliphatic heterocycles. The van der Waals surface area contributed by atoms with Gasteiger partial charge in [0.25, 0.3) is 11.8 Å². The van der Waals surface area contributed by atoms with Crippen LogP contribution in [0.15, 0.2) is 66.7 Å². The van der Waals surface area contributed by atoms with Gasteiger partial charge in [-0.1, -0.05) is 42.5 Å². The molecule has 140 valence electrons. The molecule has 0 saturated heterocycles. The lowest BCUT2D eigenvalue weighted by atomic mass is 10.1. The van der Waals surface area contributed by atoms with E-state index in [-0.39, 0.29) is 5.91 Å². The van der Waals surface area contributed by atoms with Gasteiger partial charge < -0.3 is 15.6 Å². The molecule has 0 aliphatic carbocycles. The number of primary amides is 1. The van der Waals surface area contributed by atoms with Crippen molar-refractivity contribution in [2.24, 2.45) is 12.8 Å². The summed E-state index contributed by atoms with van der Waals surface area (Å²) >= 11 is 1.08. The minimum atomic E-state index is -0.543. The Hall–Kier alpha value is -3.45. The van der Waals surface area contributed by atoms with Crippen LogP contribution in [0.3, 0.4) is 0 Å².